The Morgan fingerprint density at radius 2 is 2.25 bits per heavy atom. The molecule has 110 valence electrons. The summed E-state index contributed by atoms with van der Waals surface area (Å²) in [5.74, 6) is -0.278. The molecule has 2 rings (SSSR count). The maximum absolute atomic E-state index is 12.2. The van der Waals surface area contributed by atoms with Crippen molar-refractivity contribution in [1.29, 1.82) is 0 Å². The quantitative estimate of drug-likeness (QED) is 0.827. The third-order valence-corrected chi connectivity index (χ3v) is 4.67. The molecule has 1 unspecified atom stereocenters. The lowest BCUT2D eigenvalue weighted by atomic mass is 9.97. The van der Waals surface area contributed by atoms with Gasteiger partial charge in [0.1, 0.15) is 0 Å². The number of ether oxygens (including phenoxy) is 1. The standard InChI is InChI=1S/C13H18N2O4S/c1-9(20(14,17)18)7-15-13(16)12-4-2-3-10-8-19-6-5-11(10)12/h2-4,9H,5-8H2,1H3,(H,15,16)(H2,14,17,18). The Morgan fingerprint density at radius 1 is 1.50 bits per heavy atom. The molecule has 0 saturated carbocycles. The molecule has 0 radical (unpaired) electrons. The van der Waals surface area contributed by atoms with Gasteiger partial charge in [-0.2, -0.15) is 0 Å². The van der Waals surface area contributed by atoms with Gasteiger partial charge in [-0.05, 0) is 30.5 Å². The first-order valence-electron chi connectivity index (χ1n) is 6.38. The molecule has 1 aliphatic heterocycles. The van der Waals surface area contributed by atoms with Crippen molar-refractivity contribution in [2.75, 3.05) is 13.2 Å². The molecule has 6 nitrogen and oxygen atoms in total. The van der Waals surface area contributed by atoms with E-state index in [4.69, 9.17) is 9.88 Å². The molecule has 0 saturated heterocycles. The number of benzene rings is 1. The second-order valence-corrected chi connectivity index (χ2v) is 6.84. The molecule has 1 amide bonds. The van der Waals surface area contributed by atoms with Crippen molar-refractivity contribution in [3.63, 3.8) is 0 Å². The van der Waals surface area contributed by atoms with Crippen molar-refractivity contribution < 1.29 is 17.9 Å². The number of carbonyl (C=O) groups is 1. The molecule has 7 heteroatoms. The second-order valence-electron chi connectivity index (χ2n) is 4.86. The Hall–Kier alpha value is -1.44. The molecule has 3 N–H and O–H groups in total. The third-order valence-electron chi connectivity index (χ3n) is 3.38. The van der Waals surface area contributed by atoms with Crippen molar-refractivity contribution >= 4 is 15.9 Å². The van der Waals surface area contributed by atoms with E-state index in [0.29, 0.717) is 25.2 Å². The fourth-order valence-corrected chi connectivity index (χ4v) is 2.40. The maximum Gasteiger partial charge on any atom is 0.251 e. The lowest BCUT2D eigenvalue weighted by Crippen LogP contribution is -2.38. The molecule has 0 bridgehead atoms. The highest BCUT2D eigenvalue weighted by Crippen LogP contribution is 2.20. The molecule has 1 aromatic carbocycles. The van der Waals surface area contributed by atoms with Gasteiger partial charge >= 0.3 is 0 Å². The molecular weight excluding hydrogens is 280 g/mol. The van der Waals surface area contributed by atoms with Gasteiger partial charge < -0.3 is 10.1 Å². The zero-order chi connectivity index (χ0) is 14.8. The van der Waals surface area contributed by atoms with Gasteiger partial charge in [-0.25, -0.2) is 13.6 Å². The average molecular weight is 298 g/mol. The Kier molecular flexibility index (Phi) is 4.42. The molecule has 1 aromatic rings. The van der Waals surface area contributed by atoms with Crippen LogP contribution in [0.25, 0.3) is 0 Å². The monoisotopic (exact) mass is 298 g/mol. The first-order chi connectivity index (χ1) is 9.39. The Balaban J connectivity index is 2.10. The van der Waals surface area contributed by atoms with Crippen LogP contribution in [0.15, 0.2) is 18.2 Å². The van der Waals surface area contributed by atoms with Crippen molar-refractivity contribution in [3.8, 4) is 0 Å². The largest absolute Gasteiger partial charge is 0.376 e. The minimum atomic E-state index is -3.63. The van der Waals surface area contributed by atoms with Crippen LogP contribution in [-0.2, 0) is 27.8 Å². The summed E-state index contributed by atoms with van der Waals surface area (Å²) < 4.78 is 27.6. The molecule has 0 aliphatic carbocycles. The zero-order valence-corrected chi connectivity index (χ0v) is 12.1. The molecule has 1 aliphatic rings. The molecule has 0 fully saturated rings. The topological polar surface area (TPSA) is 98.5 Å². The highest BCUT2D eigenvalue weighted by molar-refractivity contribution is 7.89. The minimum Gasteiger partial charge on any atom is -0.376 e. The van der Waals surface area contributed by atoms with Gasteiger partial charge in [0.05, 0.1) is 18.5 Å². The van der Waals surface area contributed by atoms with E-state index in [1.807, 2.05) is 6.07 Å². The average Bonchev–Trinajstić information content (AvgIpc) is 2.42. The molecule has 1 heterocycles. The van der Waals surface area contributed by atoms with E-state index in [0.717, 1.165) is 11.1 Å². The summed E-state index contributed by atoms with van der Waals surface area (Å²) in [6, 6.07) is 5.46. The fraction of sp³-hybridized carbons (Fsp3) is 0.462. The van der Waals surface area contributed by atoms with Gasteiger partial charge in [-0.1, -0.05) is 12.1 Å². The minimum absolute atomic E-state index is 0.00215. The molecule has 1 atom stereocenters. The van der Waals surface area contributed by atoms with Gasteiger partial charge in [-0.15, -0.1) is 0 Å². The number of fused-ring (bicyclic) bond motifs is 1. The summed E-state index contributed by atoms with van der Waals surface area (Å²) in [5, 5.41) is 6.82. The maximum atomic E-state index is 12.2. The SMILES string of the molecule is CC(CNC(=O)c1cccc2c1CCOC2)S(N)(=O)=O. The number of primary sulfonamides is 1. The van der Waals surface area contributed by atoms with Crippen molar-refractivity contribution in [2.24, 2.45) is 5.14 Å². The number of nitrogens with one attached hydrogen (secondary N) is 1. The van der Waals surface area contributed by atoms with Gasteiger partial charge in [0, 0.05) is 12.1 Å². The number of rotatable bonds is 4. The predicted molar refractivity (Wildman–Crippen MR) is 74.7 cm³/mol. The van der Waals surface area contributed by atoms with Crippen LogP contribution in [0, 0.1) is 0 Å². The number of amides is 1. The normalized spacial score (nSPS) is 16.3. The smallest absolute Gasteiger partial charge is 0.251 e. The van der Waals surface area contributed by atoms with Crippen LogP contribution < -0.4 is 10.5 Å². The van der Waals surface area contributed by atoms with E-state index in [2.05, 4.69) is 5.32 Å². The number of carbonyl (C=O) groups excluding carboxylic acids is 1. The van der Waals surface area contributed by atoms with Crippen LogP contribution in [0.5, 0.6) is 0 Å². The second kappa shape index (κ2) is 5.90. The third kappa shape index (κ3) is 3.36. The molecule has 0 spiro atoms. The van der Waals surface area contributed by atoms with Gasteiger partial charge in [0.2, 0.25) is 10.0 Å². The molecule has 0 aromatic heterocycles. The van der Waals surface area contributed by atoms with Gasteiger partial charge in [0.25, 0.3) is 5.91 Å². The summed E-state index contributed by atoms with van der Waals surface area (Å²) in [6.45, 7) is 2.55. The van der Waals surface area contributed by atoms with Crippen LogP contribution in [0.3, 0.4) is 0 Å². The van der Waals surface area contributed by atoms with E-state index in [9.17, 15) is 13.2 Å². The first-order valence-corrected chi connectivity index (χ1v) is 7.99. The van der Waals surface area contributed by atoms with Crippen LogP contribution in [0.2, 0.25) is 0 Å². The van der Waals surface area contributed by atoms with Crippen LogP contribution in [0.4, 0.5) is 0 Å². The molecule has 20 heavy (non-hydrogen) atoms. The Morgan fingerprint density at radius 3 is 2.95 bits per heavy atom. The summed E-state index contributed by atoms with van der Waals surface area (Å²) in [4.78, 5) is 12.2. The highest BCUT2D eigenvalue weighted by atomic mass is 32.2. The van der Waals surface area contributed by atoms with E-state index in [1.54, 1.807) is 12.1 Å². The van der Waals surface area contributed by atoms with Gasteiger partial charge in [0.15, 0.2) is 0 Å². The summed E-state index contributed by atoms with van der Waals surface area (Å²) >= 11 is 0. The van der Waals surface area contributed by atoms with Gasteiger partial charge in [-0.3, -0.25) is 4.79 Å². The Bertz CT molecular complexity index is 613. The number of hydrogen-bond donors (Lipinski definition) is 2. The predicted octanol–water partition coefficient (Wildman–Crippen LogP) is 0.166. The molecular formula is C13H18N2O4S. The van der Waals surface area contributed by atoms with Crippen LogP contribution in [0.1, 0.15) is 28.4 Å². The van der Waals surface area contributed by atoms with Crippen molar-refractivity contribution in [3.05, 3.63) is 34.9 Å². The van der Waals surface area contributed by atoms with E-state index in [-0.39, 0.29) is 12.5 Å². The van der Waals surface area contributed by atoms with E-state index < -0.39 is 15.3 Å². The Labute approximate surface area is 118 Å². The summed E-state index contributed by atoms with van der Waals surface area (Å²) in [7, 11) is -3.63. The number of hydrogen-bond acceptors (Lipinski definition) is 4. The first kappa shape index (κ1) is 15.0. The summed E-state index contributed by atoms with van der Waals surface area (Å²) in [6.07, 6.45) is 0.684. The summed E-state index contributed by atoms with van der Waals surface area (Å²) in [5.41, 5.74) is 2.55. The van der Waals surface area contributed by atoms with E-state index >= 15 is 0 Å². The van der Waals surface area contributed by atoms with E-state index in [1.165, 1.54) is 6.92 Å². The lowest BCUT2D eigenvalue weighted by Gasteiger charge is -2.19. The fourth-order valence-electron chi connectivity index (χ4n) is 2.08. The number of nitrogens with two attached hydrogens (primary N) is 1. The van der Waals surface area contributed by atoms with Crippen LogP contribution in [-0.4, -0.2) is 32.7 Å². The van der Waals surface area contributed by atoms with Crippen LogP contribution >= 0.6 is 0 Å². The lowest BCUT2D eigenvalue weighted by molar-refractivity contribution is 0.0942. The van der Waals surface area contributed by atoms with Crippen molar-refractivity contribution in [2.45, 2.75) is 25.2 Å². The highest BCUT2D eigenvalue weighted by Gasteiger charge is 2.20. The number of sulfonamides is 1. The zero-order valence-electron chi connectivity index (χ0n) is 11.3. The van der Waals surface area contributed by atoms with Crippen molar-refractivity contribution in [1.82, 2.24) is 5.32 Å².